The Morgan fingerprint density at radius 1 is 1.26 bits per heavy atom. The average molecular weight is 447 g/mol. The molecule has 0 aliphatic carbocycles. The molecule has 9 heteroatoms. The molecule has 168 valence electrons. The lowest BCUT2D eigenvalue weighted by Crippen LogP contribution is -2.44. The predicted molar refractivity (Wildman–Crippen MR) is 118 cm³/mol. The number of carbonyl (C=O) groups is 1. The Kier molecular flexibility index (Phi) is 7.64. The Morgan fingerprint density at radius 2 is 2.00 bits per heavy atom. The fraction of sp³-hybridized carbons (Fsp3) is 0.455. The maximum absolute atomic E-state index is 12.8. The van der Waals surface area contributed by atoms with E-state index in [-0.39, 0.29) is 22.8 Å². The first kappa shape index (κ1) is 23.2. The van der Waals surface area contributed by atoms with Crippen LogP contribution in [0.5, 0.6) is 5.75 Å². The molecule has 1 N–H and O–H groups in total. The van der Waals surface area contributed by atoms with Gasteiger partial charge in [-0.25, -0.2) is 8.42 Å². The zero-order valence-electron chi connectivity index (χ0n) is 18.2. The summed E-state index contributed by atoms with van der Waals surface area (Å²) in [6.07, 6.45) is 3.89. The number of piperidine rings is 1. The number of aromatic nitrogens is 1. The van der Waals surface area contributed by atoms with Crippen LogP contribution >= 0.6 is 0 Å². The Hall–Kier alpha value is -2.49. The minimum atomic E-state index is -3.57. The van der Waals surface area contributed by atoms with Gasteiger partial charge in [-0.1, -0.05) is 12.1 Å². The normalized spacial score (nSPS) is 16.8. The molecule has 0 bridgehead atoms. The molecule has 1 saturated heterocycles. The summed E-state index contributed by atoms with van der Waals surface area (Å²) in [5, 5.41) is 3.06. The second-order valence-corrected chi connectivity index (χ2v) is 9.81. The number of pyridine rings is 1. The van der Waals surface area contributed by atoms with Crippen molar-refractivity contribution >= 4 is 15.9 Å². The summed E-state index contributed by atoms with van der Waals surface area (Å²) in [6.45, 7) is 1.11. The van der Waals surface area contributed by atoms with Gasteiger partial charge in [0, 0.05) is 37.9 Å². The smallest absolute Gasteiger partial charge is 0.244 e. The van der Waals surface area contributed by atoms with Crippen LogP contribution in [0.1, 0.15) is 24.4 Å². The van der Waals surface area contributed by atoms with E-state index in [1.165, 1.54) is 10.5 Å². The molecule has 1 fully saturated rings. The molecule has 31 heavy (non-hydrogen) atoms. The number of amides is 1. The van der Waals surface area contributed by atoms with E-state index in [4.69, 9.17) is 4.74 Å². The lowest BCUT2D eigenvalue weighted by molar-refractivity contribution is -0.126. The molecule has 1 amide bonds. The van der Waals surface area contributed by atoms with Crippen LogP contribution in [0, 0.1) is 5.92 Å². The van der Waals surface area contributed by atoms with Crippen molar-refractivity contribution in [2.45, 2.75) is 23.8 Å². The molecular weight excluding hydrogens is 416 g/mol. The highest BCUT2D eigenvalue weighted by Gasteiger charge is 2.32. The number of carbonyl (C=O) groups excluding carboxylic acids is 1. The van der Waals surface area contributed by atoms with Gasteiger partial charge in [-0.15, -0.1) is 0 Å². The highest BCUT2D eigenvalue weighted by molar-refractivity contribution is 7.89. The van der Waals surface area contributed by atoms with Crippen LogP contribution in [0.15, 0.2) is 53.7 Å². The first-order valence-electron chi connectivity index (χ1n) is 10.3. The molecule has 0 radical (unpaired) electrons. The van der Waals surface area contributed by atoms with E-state index in [2.05, 4.69) is 15.2 Å². The molecule has 1 aliphatic heterocycles. The monoisotopic (exact) mass is 446 g/mol. The Bertz CT molecular complexity index is 974. The van der Waals surface area contributed by atoms with E-state index in [0.29, 0.717) is 32.5 Å². The molecule has 2 aromatic rings. The molecule has 1 aromatic heterocycles. The van der Waals surface area contributed by atoms with Crippen LogP contribution in [-0.2, 0) is 14.8 Å². The van der Waals surface area contributed by atoms with Crippen molar-refractivity contribution in [2.75, 3.05) is 40.8 Å². The maximum Gasteiger partial charge on any atom is 0.244 e. The minimum absolute atomic E-state index is 0.00472. The first-order chi connectivity index (χ1) is 14.8. The van der Waals surface area contributed by atoms with Gasteiger partial charge in [-0.05, 0) is 56.8 Å². The molecule has 1 aromatic carbocycles. The number of nitrogens with zero attached hydrogens (tertiary/aromatic N) is 3. The fourth-order valence-corrected chi connectivity index (χ4v) is 5.23. The Morgan fingerprint density at radius 3 is 2.61 bits per heavy atom. The van der Waals surface area contributed by atoms with E-state index in [9.17, 15) is 13.2 Å². The highest BCUT2D eigenvalue weighted by Crippen LogP contribution is 2.25. The number of nitrogens with one attached hydrogen (secondary N) is 1. The zero-order valence-corrected chi connectivity index (χ0v) is 19.0. The summed E-state index contributed by atoms with van der Waals surface area (Å²) >= 11 is 0. The number of benzene rings is 1. The van der Waals surface area contributed by atoms with Gasteiger partial charge >= 0.3 is 0 Å². The van der Waals surface area contributed by atoms with Crippen LogP contribution in [-0.4, -0.2) is 69.4 Å². The molecule has 1 atom stereocenters. The van der Waals surface area contributed by atoms with Gasteiger partial charge in [0.05, 0.1) is 13.2 Å². The Labute approximate surface area is 184 Å². The molecule has 0 spiro atoms. The summed E-state index contributed by atoms with van der Waals surface area (Å²) in [6, 6.07) is 11.0. The molecule has 0 saturated carbocycles. The van der Waals surface area contributed by atoms with Crippen LogP contribution < -0.4 is 10.1 Å². The van der Waals surface area contributed by atoms with Crippen LogP contribution in [0.4, 0.5) is 0 Å². The number of methoxy groups -OCH3 is 1. The zero-order chi connectivity index (χ0) is 22.4. The van der Waals surface area contributed by atoms with Crippen molar-refractivity contribution in [3.8, 4) is 5.75 Å². The molecule has 2 heterocycles. The van der Waals surface area contributed by atoms with Gasteiger partial charge in [0.15, 0.2) is 0 Å². The predicted octanol–water partition coefficient (Wildman–Crippen LogP) is 1.91. The average Bonchev–Trinajstić information content (AvgIpc) is 2.79. The summed E-state index contributed by atoms with van der Waals surface area (Å²) in [4.78, 5) is 18.9. The molecule has 1 unspecified atom stereocenters. The number of ether oxygens (including phenoxy) is 1. The van der Waals surface area contributed by atoms with Crippen LogP contribution in [0.3, 0.4) is 0 Å². The van der Waals surface area contributed by atoms with Gasteiger partial charge < -0.3 is 15.0 Å². The van der Waals surface area contributed by atoms with Gasteiger partial charge in [0.2, 0.25) is 15.9 Å². The third-order valence-corrected chi connectivity index (χ3v) is 7.55. The summed E-state index contributed by atoms with van der Waals surface area (Å²) in [7, 11) is 2.00. The lowest BCUT2D eigenvalue weighted by Gasteiger charge is -2.31. The molecule has 1 aliphatic rings. The third kappa shape index (κ3) is 5.61. The van der Waals surface area contributed by atoms with Crippen molar-refractivity contribution in [1.29, 1.82) is 0 Å². The maximum atomic E-state index is 12.8. The fourth-order valence-electron chi connectivity index (χ4n) is 3.80. The third-order valence-electron chi connectivity index (χ3n) is 5.67. The topological polar surface area (TPSA) is 91.8 Å². The van der Waals surface area contributed by atoms with Crippen molar-refractivity contribution in [1.82, 2.24) is 19.5 Å². The van der Waals surface area contributed by atoms with E-state index in [1.54, 1.807) is 25.4 Å². The van der Waals surface area contributed by atoms with Crippen molar-refractivity contribution in [3.63, 3.8) is 0 Å². The molecule has 8 nitrogen and oxygen atoms in total. The number of hydrogen-bond donors (Lipinski definition) is 1. The quantitative estimate of drug-likeness (QED) is 0.666. The first-order valence-corrected chi connectivity index (χ1v) is 11.7. The van der Waals surface area contributed by atoms with E-state index >= 15 is 0 Å². The van der Waals surface area contributed by atoms with Crippen molar-refractivity contribution in [2.24, 2.45) is 5.92 Å². The van der Waals surface area contributed by atoms with Crippen molar-refractivity contribution < 1.29 is 17.9 Å². The number of rotatable bonds is 8. The summed E-state index contributed by atoms with van der Waals surface area (Å²) in [5.41, 5.74) is 1.06. The second-order valence-electron chi connectivity index (χ2n) is 7.87. The number of sulfonamides is 1. The standard InChI is InChI=1S/C22H30N4O4S/c1-25(2)21(18-6-4-7-19(14-18)30-3)16-24-22(27)17-9-12-26(13-10-17)31(28,29)20-8-5-11-23-15-20/h4-8,11,14-15,17,21H,9-10,12-13,16H2,1-3H3,(H,24,27). The summed E-state index contributed by atoms with van der Waals surface area (Å²) < 4.78 is 32.2. The number of likely N-dealkylation sites (N-methyl/N-ethyl adjacent to an activating group) is 1. The van der Waals surface area contributed by atoms with Gasteiger partial charge in [-0.2, -0.15) is 4.31 Å². The second kappa shape index (κ2) is 10.2. The number of hydrogen-bond acceptors (Lipinski definition) is 6. The van der Waals surface area contributed by atoms with E-state index in [1.807, 2.05) is 38.4 Å². The van der Waals surface area contributed by atoms with Gasteiger partial charge in [0.1, 0.15) is 10.6 Å². The van der Waals surface area contributed by atoms with Crippen LogP contribution in [0.2, 0.25) is 0 Å². The molecular formula is C22H30N4O4S. The summed E-state index contributed by atoms with van der Waals surface area (Å²) in [5.74, 6) is 0.541. The molecule has 3 rings (SSSR count). The largest absolute Gasteiger partial charge is 0.497 e. The SMILES string of the molecule is COc1cccc(C(CNC(=O)C2CCN(S(=O)(=O)c3cccnc3)CC2)N(C)C)c1. The van der Waals surface area contributed by atoms with Gasteiger partial charge in [0.25, 0.3) is 0 Å². The van der Waals surface area contributed by atoms with Gasteiger partial charge in [-0.3, -0.25) is 9.78 Å². The van der Waals surface area contributed by atoms with E-state index < -0.39 is 10.0 Å². The minimum Gasteiger partial charge on any atom is -0.497 e. The lowest BCUT2D eigenvalue weighted by atomic mass is 9.97. The Balaban J connectivity index is 1.57. The van der Waals surface area contributed by atoms with Crippen LogP contribution in [0.25, 0.3) is 0 Å². The van der Waals surface area contributed by atoms with Crippen molar-refractivity contribution in [3.05, 3.63) is 54.4 Å². The highest BCUT2D eigenvalue weighted by atomic mass is 32.2. The van der Waals surface area contributed by atoms with E-state index in [0.717, 1.165) is 11.3 Å².